The van der Waals surface area contributed by atoms with E-state index in [0.717, 1.165) is 0 Å². The molecule has 27 heavy (non-hydrogen) atoms. The topological polar surface area (TPSA) is 52.6 Å². The fraction of sp³-hybridized carbons (Fsp3) is 0.368. The summed E-state index contributed by atoms with van der Waals surface area (Å²) in [5, 5.41) is 6.35. The molecule has 1 aromatic heterocycles. The number of para-hydroxylation sites is 1. The second kappa shape index (κ2) is 8.75. The van der Waals surface area contributed by atoms with E-state index >= 15 is 0 Å². The molecule has 1 aliphatic heterocycles. The van der Waals surface area contributed by atoms with Gasteiger partial charge in [-0.05, 0) is 37.6 Å². The van der Waals surface area contributed by atoms with Gasteiger partial charge in [-0.25, -0.2) is 18.2 Å². The van der Waals surface area contributed by atoms with Crippen LogP contribution in [0.25, 0.3) is 0 Å². The monoisotopic (exact) mass is 377 g/mol. The molecular weight excluding hydrogens is 355 g/mol. The van der Waals surface area contributed by atoms with E-state index in [0.29, 0.717) is 32.0 Å². The molecular formula is C19H22F3N5. The Morgan fingerprint density at radius 2 is 1.93 bits per heavy atom. The van der Waals surface area contributed by atoms with Crippen LogP contribution in [0.1, 0.15) is 19.0 Å². The third-order valence-electron chi connectivity index (χ3n) is 4.35. The smallest absolute Gasteiger partial charge is 0.191 e. The summed E-state index contributed by atoms with van der Waals surface area (Å²) >= 11 is 0. The van der Waals surface area contributed by atoms with Gasteiger partial charge < -0.3 is 15.5 Å². The minimum absolute atomic E-state index is 0.000652. The maximum Gasteiger partial charge on any atom is 0.191 e. The summed E-state index contributed by atoms with van der Waals surface area (Å²) in [4.78, 5) is 10.0. The highest BCUT2D eigenvalue weighted by Crippen LogP contribution is 2.26. The van der Waals surface area contributed by atoms with Crippen LogP contribution in [0.2, 0.25) is 0 Å². The Kier molecular flexibility index (Phi) is 6.16. The molecule has 1 aromatic carbocycles. The molecule has 2 N–H and O–H groups in total. The third-order valence-corrected chi connectivity index (χ3v) is 4.35. The largest absolute Gasteiger partial charge is 0.365 e. The summed E-state index contributed by atoms with van der Waals surface area (Å²) in [7, 11) is 0. The number of guanidine groups is 1. The van der Waals surface area contributed by atoms with Gasteiger partial charge in [0.1, 0.15) is 23.1 Å². The molecule has 5 nitrogen and oxygen atoms in total. The van der Waals surface area contributed by atoms with E-state index in [9.17, 15) is 13.2 Å². The molecule has 144 valence electrons. The predicted molar refractivity (Wildman–Crippen MR) is 99.1 cm³/mol. The number of halogens is 3. The lowest BCUT2D eigenvalue weighted by atomic mass is 10.2. The molecule has 0 amide bonds. The standard InChI is InChI=1S/C19H22F3N5/c1-2-23-19(25-11-17-14(20)7-4-9-24-17)26-13-8-10-27(12-13)18-15(21)5-3-6-16(18)22/h3-7,9,13H,2,8,10-12H2,1H3,(H2,23,25,26). The van der Waals surface area contributed by atoms with E-state index in [2.05, 4.69) is 20.6 Å². The van der Waals surface area contributed by atoms with Crippen molar-refractivity contribution in [3.8, 4) is 0 Å². The molecule has 1 atom stereocenters. The number of nitrogens with one attached hydrogen (secondary N) is 2. The van der Waals surface area contributed by atoms with Gasteiger partial charge in [0.2, 0.25) is 0 Å². The Bertz CT molecular complexity index is 791. The van der Waals surface area contributed by atoms with E-state index in [-0.39, 0.29) is 24.0 Å². The number of hydrogen-bond donors (Lipinski definition) is 2. The number of nitrogens with zero attached hydrogens (tertiary/aromatic N) is 3. The summed E-state index contributed by atoms with van der Waals surface area (Å²) < 4.78 is 41.7. The molecule has 1 saturated heterocycles. The zero-order valence-electron chi connectivity index (χ0n) is 15.1. The van der Waals surface area contributed by atoms with Crippen molar-refractivity contribution in [2.45, 2.75) is 25.9 Å². The van der Waals surface area contributed by atoms with Gasteiger partial charge in [-0.1, -0.05) is 6.07 Å². The molecule has 8 heteroatoms. The van der Waals surface area contributed by atoms with Crippen LogP contribution in [-0.2, 0) is 6.54 Å². The fourth-order valence-electron chi connectivity index (χ4n) is 3.07. The Labute approximate surface area is 156 Å². The van der Waals surface area contributed by atoms with Crippen LogP contribution < -0.4 is 15.5 Å². The van der Waals surface area contributed by atoms with Gasteiger partial charge in [0.25, 0.3) is 0 Å². The molecule has 1 fully saturated rings. The third kappa shape index (κ3) is 4.69. The van der Waals surface area contributed by atoms with E-state index in [4.69, 9.17) is 0 Å². The van der Waals surface area contributed by atoms with E-state index in [1.54, 1.807) is 4.90 Å². The van der Waals surface area contributed by atoms with Crippen molar-refractivity contribution in [3.05, 3.63) is 59.7 Å². The number of aromatic nitrogens is 1. The second-order valence-corrected chi connectivity index (χ2v) is 6.27. The molecule has 3 rings (SSSR count). The fourth-order valence-corrected chi connectivity index (χ4v) is 3.07. The number of aliphatic imine (C=N–C) groups is 1. The Morgan fingerprint density at radius 1 is 1.19 bits per heavy atom. The van der Waals surface area contributed by atoms with Crippen LogP contribution in [0.4, 0.5) is 18.9 Å². The van der Waals surface area contributed by atoms with Gasteiger partial charge in [-0.3, -0.25) is 4.98 Å². The number of pyridine rings is 1. The normalized spacial score (nSPS) is 17.3. The summed E-state index contributed by atoms with van der Waals surface area (Å²) in [6.45, 7) is 3.63. The van der Waals surface area contributed by atoms with E-state index in [1.807, 2.05) is 6.92 Å². The van der Waals surface area contributed by atoms with Crippen LogP contribution in [-0.4, -0.2) is 36.6 Å². The summed E-state index contributed by atoms with van der Waals surface area (Å²) in [5.41, 5.74) is 0.260. The average Bonchev–Trinajstić information content (AvgIpc) is 3.09. The number of anilines is 1. The quantitative estimate of drug-likeness (QED) is 0.622. The van der Waals surface area contributed by atoms with Crippen molar-refractivity contribution in [3.63, 3.8) is 0 Å². The second-order valence-electron chi connectivity index (χ2n) is 6.27. The van der Waals surface area contributed by atoms with E-state index in [1.165, 1.54) is 36.5 Å². The number of benzene rings is 1. The molecule has 1 unspecified atom stereocenters. The van der Waals surface area contributed by atoms with Crippen molar-refractivity contribution in [2.24, 2.45) is 4.99 Å². The summed E-state index contributed by atoms with van der Waals surface area (Å²) in [6.07, 6.45) is 2.22. The van der Waals surface area contributed by atoms with Gasteiger partial charge in [-0.15, -0.1) is 0 Å². The first-order valence-corrected chi connectivity index (χ1v) is 8.91. The molecule has 0 saturated carbocycles. The first-order valence-electron chi connectivity index (χ1n) is 8.91. The lowest BCUT2D eigenvalue weighted by Gasteiger charge is -2.21. The van der Waals surface area contributed by atoms with Crippen LogP contribution in [0.5, 0.6) is 0 Å². The van der Waals surface area contributed by atoms with E-state index < -0.39 is 17.5 Å². The molecule has 2 aromatic rings. The number of rotatable bonds is 5. The molecule has 2 heterocycles. The van der Waals surface area contributed by atoms with Crippen LogP contribution >= 0.6 is 0 Å². The van der Waals surface area contributed by atoms with Crippen molar-refractivity contribution in [1.29, 1.82) is 0 Å². The van der Waals surface area contributed by atoms with Gasteiger partial charge in [0.05, 0.1) is 12.2 Å². The first kappa shape index (κ1) is 19.0. The highest BCUT2D eigenvalue weighted by Gasteiger charge is 2.27. The maximum absolute atomic E-state index is 14.0. The molecule has 0 radical (unpaired) electrons. The van der Waals surface area contributed by atoms with Gasteiger partial charge in [0.15, 0.2) is 5.96 Å². The average molecular weight is 377 g/mol. The van der Waals surface area contributed by atoms with Crippen molar-refractivity contribution in [1.82, 2.24) is 15.6 Å². The molecule has 0 bridgehead atoms. The first-order chi connectivity index (χ1) is 13.1. The number of hydrogen-bond acceptors (Lipinski definition) is 3. The van der Waals surface area contributed by atoms with Crippen LogP contribution in [0.3, 0.4) is 0 Å². The zero-order chi connectivity index (χ0) is 19.2. The molecule has 0 spiro atoms. The van der Waals surface area contributed by atoms with Crippen LogP contribution in [0, 0.1) is 17.5 Å². The lowest BCUT2D eigenvalue weighted by Crippen LogP contribution is -2.44. The highest BCUT2D eigenvalue weighted by atomic mass is 19.1. The van der Waals surface area contributed by atoms with Gasteiger partial charge in [-0.2, -0.15) is 0 Å². The Morgan fingerprint density at radius 3 is 2.63 bits per heavy atom. The maximum atomic E-state index is 14.0. The Balaban J connectivity index is 1.65. The molecule has 0 aliphatic carbocycles. The van der Waals surface area contributed by atoms with Crippen molar-refractivity contribution < 1.29 is 13.2 Å². The minimum Gasteiger partial charge on any atom is -0.365 e. The van der Waals surface area contributed by atoms with Crippen molar-refractivity contribution >= 4 is 11.6 Å². The van der Waals surface area contributed by atoms with Crippen molar-refractivity contribution in [2.75, 3.05) is 24.5 Å². The lowest BCUT2D eigenvalue weighted by molar-refractivity contribution is 0.575. The highest BCUT2D eigenvalue weighted by molar-refractivity contribution is 5.80. The SMILES string of the molecule is CCNC(=NCc1ncccc1F)NC1CCN(c2c(F)cccc2F)C1. The summed E-state index contributed by atoms with van der Waals surface area (Å²) in [5.74, 6) is -1.02. The predicted octanol–water partition coefficient (Wildman–Crippen LogP) is 2.83. The summed E-state index contributed by atoms with van der Waals surface area (Å²) in [6, 6.07) is 6.71. The molecule has 1 aliphatic rings. The van der Waals surface area contributed by atoms with Gasteiger partial charge in [0, 0.05) is 31.9 Å². The zero-order valence-corrected chi connectivity index (χ0v) is 15.1. The van der Waals surface area contributed by atoms with Crippen LogP contribution in [0.15, 0.2) is 41.5 Å². The minimum atomic E-state index is -0.568. The van der Waals surface area contributed by atoms with Gasteiger partial charge >= 0.3 is 0 Å². The Hall–Kier alpha value is -2.77.